The summed E-state index contributed by atoms with van der Waals surface area (Å²) in [5.41, 5.74) is 3.85. The van der Waals surface area contributed by atoms with Crippen LogP contribution in [0.4, 0.5) is 11.4 Å². The number of benzene rings is 2. The van der Waals surface area contributed by atoms with Crippen LogP contribution in [-0.2, 0) is 0 Å². The first kappa shape index (κ1) is 16.9. The predicted octanol–water partition coefficient (Wildman–Crippen LogP) is 3.34. The van der Waals surface area contributed by atoms with E-state index in [1.807, 2.05) is 37.2 Å². The van der Waals surface area contributed by atoms with Gasteiger partial charge in [0.2, 0.25) is 0 Å². The predicted molar refractivity (Wildman–Crippen MR) is 99.8 cm³/mol. The van der Waals surface area contributed by atoms with E-state index in [1.165, 1.54) is 11.3 Å². The molecule has 0 unspecified atom stereocenters. The molecule has 0 atom stereocenters. The monoisotopic (exact) mass is 355 g/mol. The van der Waals surface area contributed by atoms with E-state index in [1.54, 1.807) is 35.8 Å². The van der Waals surface area contributed by atoms with Gasteiger partial charge in [-0.3, -0.25) is 14.8 Å². The molecular weight excluding hydrogens is 338 g/mol. The van der Waals surface area contributed by atoms with Crippen molar-refractivity contribution in [2.75, 3.05) is 24.3 Å². The van der Waals surface area contributed by atoms with Crippen LogP contribution in [0.3, 0.4) is 0 Å². The van der Waals surface area contributed by atoms with E-state index in [9.17, 15) is 9.59 Å². The third-order valence-corrected chi connectivity index (χ3v) is 4.86. The molecule has 2 aromatic carbocycles. The second-order valence-electron chi connectivity index (χ2n) is 5.70. The molecule has 1 heterocycles. The van der Waals surface area contributed by atoms with E-state index in [0.717, 1.165) is 15.8 Å². The lowest BCUT2D eigenvalue weighted by molar-refractivity contribution is 0.0711. The van der Waals surface area contributed by atoms with E-state index in [2.05, 4.69) is 5.32 Å². The summed E-state index contributed by atoms with van der Waals surface area (Å²) in [5.74, 6) is -0.749. The van der Waals surface area contributed by atoms with Crippen molar-refractivity contribution in [1.82, 2.24) is 5.48 Å². The Morgan fingerprint density at radius 2 is 1.72 bits per heavy atom. The number of rotatable bonds is 4. The maximum atomic E-state index is 12.4. The molecule has 0 aliphatic carbocycles. The van der Waals surface area contributed by atoms with Gasteiger partial charge in [-0.05, 0) is 53.9 Å². The molecule has 128 valence electrons. The van der Waals surface area contributed by atoms with Gasteiger partial charge in [-0.1, -0.05) is 0 Å². The molecule has 0 saturated carbocycles. The smallest absolute Gasteiger partial charge is 0.284 e. The largest absolute Gasteiger partial charge is 0.378 e. The summed E-state index contributed by atoms with van der Waals surface area (Å²) in [5, 5.41) is 12.4. The maximum absolute atomic E-state index is 12.4. The Hall–Kier alpha value is -2.90. The number of anilines is 2. The highest BCUT2D eigenvalue weighted by Crippen LogP contribution is 2.28. The Labute approximate surface area is 148 Å². The molecule has 6 nitrogen and oxygen atoms in total. The second-order valence-corrected chi connectivity index (χ2v) is 6.78. The summed E-state index contributed by atoms with van der Waals surface area (Å²) >= 11 is 1.27. The number of hydroxylamine groups is 1. The number of carbonyl (C=O) groups excluding carboxylic acids is 2. The minimum absolute atomic E-state index is 0.201. The van der Waals surface area contributed by atoms with Crippen molar-refractivity contribution in [1.29, 1.82) is 0 Å². The Kier molecular flexibility index (Phi) is 4.69. The van der Waals surface area contributed by atoms with Crippen molar-refractivity contribution in [3.05, 3.63) is 59.0 Å². The molecule has 7 heteroatoms. The van der Waals surface area contributed by atoms with Gasteiger partial charge in [-0.2, -0.15) is 0 Å². The zero-order chi connectivity index (χ0) is 18.0. The van der Waals surface area contributed by atoms with Gasteiger partial charge in [0.15, 0.2) is 0 Å². The molecule has 0 spiro atoms. The fourth-order valence-corrected chi connectivity index (χ4v) is 3.34. The van der Waals surface area contributed by atoms with Gasteiger partial charge in [-0.15, -0.1) is 11.3 Å². The summed E-state index contributed by atoms with van der Waals surface area (Å²) in [7, 11) is 3.88. The molecule has 0 bridgehead atoms. The summed E-state index contributed by atoms with van der Waals surface area (Å²) in [6, 6.07) is 14.4. The number of nitrogens with one attached hydrogen (secondary N) is 2. The molecule has 3 aromatic rings. The minimum Gasteiger partial charge on any atom is -0.378 e. The number of hydrogen-bond acceptors (Lipinski definition) is 5. The van der Waals surface area contributed by atoms with Crippen LogP contribution < -0.4 is 15.7 Å². The molecule has 0 saturated heterocycles. The van der Waals surface area contributed by atoms with Gasteiger partial charge >= 0.3 is 0 Å². The zero-order valence-electron chi connectivity index (χ0n) is 13.7. The van der Waals surface area contributed by atoms with E-state index in [4.69, 9.17) is 5.21 Å². The number of hydrogen-bond donors (Lipinski definition) is 3. The second kappa shape index (κ2) is 6.92. The number of thiophene rings is 1. The molecule has 0 aliphatic heterocycles. The minimum atomic E-state index is -0.548. The van der Waals surface area contributed by atoms with Crippen molar-refractivity contribution in [3.8, 4) is 0 Å². The maximum Gasteiger partial charge on any atom is 0.284 e. The lowest BCUT2D eigenvalue weighted by atomic mass is 10.1. The Morgan fingerprint density at radius 1 is 1.00 bits per heavy atom. The number of amides is 2. The van der Waals surface area contributed by atoms with Gasteiger partial charge in [0, 0.05) is 35.7 Å². The van der Waals surface area contributed by atoms with Crippen molar-refractivity contribution >= 4 is 44.6 Å². The Bertz CT molecular complexity index is 932. The topological polar surface area (TPSA) is 81.7 Å². The number of nitrogens with zero attached hydrogens (tertiary/aromatic N) is 1. The lowest BCUT2D eigenvalue weighted by Gasteiger charge is -2.12. The van der Waals surface area contributed by atoms with Crippen LogP contribution >= 0.6 is 11.3 Å². The highest BCUT2D eigenvalue weighted by molar-refractivity contribution is 7.20. The molecule has 25 heavy (non-hydrogen) atoms. The molecule has 3 N–H and O–H groups in total. The van der Waals surface area contributed by atoms with Crippen LogP contribution in [0, 0.1) is 0 Å². The van der Waals surface area contributed by atoms with Crippen molar-refractivity contribution in [2.24, 2.45) is 0 Å². The van der Waals surface area contributed by atoms with Crippen molar-refractivity contribution < 1.29 is 14.8 Å². The van der Waals surface area contributed by atoms with Gasteiger partial charge in [0.1, 0.15) is 0 Å². The van der Waals surface area contributed by atoms with Crippen LogP contribution in [0.2, 0.25) is 0 Å². The molecule has 0 fully saturated rings. The van der Waals surface area contributed by atoms with Gasteiger partial charge in [-0.25, -0.2) is 5.48 Å². The zero-order valence-corrected chi connectivity index (χ0v) is 14.6. The van der Waals surface area contributed by atoms with E-state index in [-0.39, 0.29) is 5.91 Å². The summed E-state index contributed by atoms with van der Waals surface area (Å²) < 4.78 is 0.895. The standard InChI is InChI=1S/C18H17N3O3S/c1-21(2)14-6-3-11(4-7-14)17(22)19-13-5-8-15-12(9-13)10-16(25-15)18(23)20-24/h3-10,24H,1-2H3,(H,19,22)(H,20,23). The quantitative estimate of drug-likeness (QED) is 0.495. The van der Waals surface area contributed by atoms with Gasteiger partial charge in [0.05, 0.1) is 4.88 Å². The van der Waals surface area contributed by atoms with Crippen LogP contribution in [0.25, 0.3) is 10.1 Å². The average molecular weight is 355 g/mol. The average Bonchev–Trinajstić information content (AvgIpc) is 3.04. The number of fused-ring (bicyclic) bond motifs is 1. The lowest BCUT2D eigenvalue weighted by Crippen LogP contribution is -2.16. The van der Waals surface area contributed by atoms with Crippen LogP contribution in [0.15, 0.2) is 48.5 Å². The van der Waals surface area contributed by atoms with Crippen LogP contribution in [0.5, 0.6) is 0 Å². The van der Waals surface area contributed by atoms with Crippen molar-refractivity contribution in [2.45, 2.75) is 0 Å². The third-order valence-electron chi connectivity index (χ3n) is 3.75. The van der Waals surface area contributed by atoms with Crippen molar-refractivity contribution in [3.63, 3.8) is 0 Å². The Morgan fingerprint density at radius 3 is 2.36 bits per heavy atom. The van der Waals surface area contributed by atoms with Crippen LogP contribution in [-0.4, -0.2) is 31.1 Å². The van der Waals surface area contributed by atoms with Crippen LogP contribution in [0.1, 0.15) is 20.0 Å². The highest BCUT2D eigenvalue weighted by Gasteiger charge is 2.11. The van der Waals surface area contributed by atoms with E-state index in [0.29, 0.717) is 16.1 Å². The summed E-state index contributed by atoms with van der Waals surface area (Å²) in [6.07, 6.45) is 0. The normalized spacial score (nSPS) is 10.5. The van der Waals surface area contributed by atoms with E-state index < -0.39 is 5.91 Å². The Balaban J connectivity index is 1.79. The summed E-state index contributed by atoms with van der Waals surface area (Å²) in [6.45, 7) is 0. The van der Waals surface area contributed by atoms with Gasteiger partial charge < -0.3 is 10.2 Å². The highest BCUT2D eigenvalue weighted by atomic mass is 32.1. The van der Waals surface area contributed by atoms with Gasteiger partial charge in [0.25, 0.3) is 11.8 Å². The van der Waals surface area contributed by atoms with E-state index >= 15 is 0 Å². The first-order chi connectivity index (χ1) is 12.0. The molecule has 0 aliphatic rings. The molecule has 1 aromatic heterocycles. The fraction of sp³-hybridized carbons (Fsp3) is 0.111. The third kappa shape index (κ3) is 3.62. The molecule has 2 amide bonds. The summed E-state index contributed by atoms with van der Waals surface area (Å²) in [4.78, 5) is 26.2. The first-order valence-electron chi connectivity index (χ1n) is 7.54. The SMILES string of the molecule is CN(C)c1ccc(C(=O)Nc2ccc3sc(C(=O)NO)cc3c2)cc1. The number of carbonyl (C=O) groups is 2. The first-order valence-corrected chi connectivity index (χ1v) is 8.36. The molecular formula is C18H17N3O3S. The fourth-order valence-electron chi connectivity index (χ4n) is 2.40. The molecule has 3 rings (SSSR count). The molecule has 0 radical (unpaired) electrons.